The molecular weight excluding hydrogens is 376 g/mol. The van der Waals surface area contributed by atoms with Crippen molar-refractivity contribution in [1.29, 1.82) is 0 Å². The number of hydrogen-bond acceptors (Lipinski definition) is 3. The zero-order chi connectivity index (χ0) is 22.1. The van der Waals surface area contributed by atoms with Gasteiger partial charge in [-0.3, -0.25) is 9.59 Å². The van der Waals surface area contributed by atoms with Crippen LogP contribution in [0.1, 0.15) is 50.3 Å². The Morgan fingerprint density at radius 3 is 2.30 bits per heavy atom. The fourth-order valence-electron chi connectivity index (χ4n) is 3.18. The molecule has 30 heavy (non-hydrogen) atoms. The minimum absolute atomic E-state index is 0.0615. The molecule has 2 atom stereocenters. The lowest BCUT2D eigenvalue weighted by atomic mass is 10.1. The monoisotopic (exact) mass is 410 g/mol. The lowest BCUT2D eigenvalue weighted by Crippen LogP contribution is -2.51. The minimum atomic E-state index is -0.547. The maximum atomic E-state index is 13.2. The predicted octanol–water partition coefficient (Wildman–Crippen LogP) is 4.40. The number of nitrogens with one attached hydrogen (secondary N) is 1. The molecule has 2 aromatic carbocycles. The Kier molecular flexibility index (Phi) is 8.90. The average molecular weight is 411 g/mol. The van der Waals surface area contributed by atoms with Gasteiger partial charge in [-0.1, -0.05) is 55.8 Å². The number of nitrogens with zero attached hydrogens (tertiary/aromatic N) is 1. The van der Waals surface area contributed by atoms with Crippen LogP contribution in [-0.4, -0.2) is 35.4 Å². The van der Waals surface area contributed by atoms with E-state index in [4.69, 9.17) is 4.74 Å². The molecule has 5 heteroatoms. The van der Waals surface area contributed by atoms with Crippen LogP contribution in [0.25, 0.3) is 0 Å². The quantitative estimate of drug-likeness (QED) is 0.631. The topological polar surface area (TPSA) is 58.6 Å². The van der Waals surface area contributed by atoms with Crippen molar-refractivity contribution in [2.24, 2.45) is 0 Å². The van der Waals surface area contributed by atoms with Crippen molar-refractivity contribution >= 4 is 11.8 Å². The van der Waals surface area contributed by atoms with Crippen LogP contribution in [0.15, 0.2) is 48.5 Å². The van der Waals surface area contributed by atoms with Gasteiger partial charge in [0.1, 0.15) is 11.8 Å². The molecule has 0 saturated heterocycles. The van der Waals surface area contributed by atoms with Crippen LogP contribution >= 0.6 is 0 Å². The summed E-state index contributed by atoms with van der Waals surface area (Å²) in [6.45, 7) is 10.2. The molecule has 0 saturated carbocycles. The smallest absolute Gasteiger partial charge is 0.261 e. The fourth-order valence-corrected chi connectivity index (χ4v) is 3.18. The van der Waals surface area contributed by atoms with Gasteiger partial charge in [0.25, 0.3) is 5.91 Å². The summed E-state index contributed by atoms with van der Waals surface area (Å²) in [7, 11) is 0. The van der Waals surface area contributed by atoms with E-state index in [1.807, 2.05) is 83.1 Å². The molecule has 0 fully saturated rings. The molecule has 1 N–H and O–H groups in total. The molecule has 0 heterocycles. The van der Waals surface area contributed by atoms with Gasteiger partial charge in [-0.05, 0) is 56.9 Å². The van der Waals surface area contributed by atoms with Crippen molar-refractivity contribution in [1.82, 2.24) is 10.2 Å². The number of carbonyl (C=O) groups is 2. The van der Waals surface area contributed by atoms with Crippen molar-refractivity contribution < 1.29 is 14.3 Å². The summed E-state index contributed by atoms with van der Waals surface area (Å²) in [4.78, 5) is 27.7. The molecular formula is C25H34N2O3. The Balaban J connectivity index is 2.20. The summed E-state index contributed by atoms with van der Waals surface area (Å²) in [5.41, 5.74) is 3.20. The van der Waals surface area contributed by atoms with Crippen LogP contribution in [0.4, 0.5) is 0 Å². The van der Waals surface area contributed by atoms with Crippen LogP contribution in [-0.2, 0) is 16.1 Å². The minimum Gasteiger partial charge on any atom is -0.484 e. The maximum Gasteiger partial charge on any atom is 0.261 e. The van der Waals surface area contributed by atoms with Gasteiger partial charge in [0, 0.05) is 12.6 Å². The van der Waals surface area contributed by atoms with Crippen LogP contribution in [0.5, 0.6) is 5.75 Å². The first-order chi connectivity index (χ1) is 14.3. The summed E-state index contributed by atoms with van der Waals surface area (Å²) in [6, 6.07) is 15.1. The fraction of sp³-hybridized carbons (Fsp3) is 0.440. The molecule has 0 aliphatic heterocycles. The van der Waals surface area contributed by atoms with Gasteiger partial charge < -0.3 is 15.0 Å². The Bertz CT molecular complexity index is 833. The Morgan fingerprint density at radius 1 is 1.00 bits per heavy atom. The molecule has 2 rings (SSSR count). The second-order valence-electron chi connectivity index (χ2n) is 7.85. The lowest BCUT2D eigenvalue weighted by Gasteiger charge is -2.31. The van der Waals surface area contributed by atoms with Gasteiger partial charge >= 0.3 is 0 Å². The second-order valence-corrected chi connectivity index (χ2v) is 7.85. The van der Waals surface area contributed by atoms with E-state index in [0.717, 1.165) is 23.1 Å². The molecule has 0 spiro atoms. The highest BCUT2D eigenvalue weighted by molar-refractivity contribution is 5.88. The molecule has 0 aliphatic rings. The van der Waals surface area contributed by atoms with Gasteiger partial charge in [0.2, 0.25) is 5.91 Å². The third kappa shape index (κ3) is 6.90. The largest absolute Gasteiger partial charge is 0.484 e. The first-order valence-electron chi connectivity index (χ1n) is 10.7. The van der Waals surface area contributed by atoms with Gasteiger partial charge in [-0.2, -0.15) is 0 Å². The molecule has 0 aliphatic carbocycles. The van der Waals surface area contributed by atoms with E-state index >= 15 is 0 Å². The second kappa shape index (κ2) is 11.4. The van der Waals surface area contributed by atoms with Crippen LogP contribution in [0.3, 0.4) is 0 Å². The van der Waals surface area contributed by atoms with E-state index in [-0.39, 0.29) is 24.5 Å². The Labute approximate surface area is 180 Å². The van der Waals surface area contributed by atoms with Crippen LogP contribution < -0.4 is 10.1 Å². The molecule has 0 radical (unpaired) electrons. The van der Waals surface area contributed by atoms with Gasteiger partial charge in [-0.15, -0.1) is 0 Å². The van der Waals surface area contributed by atoms with Gasteiger partial charge in [0.15, 0.2) is 6.61 Å². The molecule has 0 unspecified atom stereocenters. The number of hydrogen-bond donors (Lipinski definition) is 1. The van der Waals surface area contributed by atoms with Crippen molar-refractivity contribution in [3.63, 3.8) is 0 Å². The number of ether oxygens (including phenoxy) is 1. The van der Waals surface area contributed by atoms with Crippen LogP contribution in [0.2, 0.25) is 0 Å². The third-order valence-electron chi connectivity index (χ3n) is 5.21. The summed E-state index contributed by atoms with van der Waals surface area (Å²) in [5.74, 6) is 0.321. The van der Waals surface area contributed by atoms with Gasteiger partial charge in [-0.25, -0.2) is 0 Å². The number of aryl methyl sites for hydroxylation is 2. The van der Waals surface area contributed by atoms with Crippen molar-refractivity contribution in [3.05, 3.63) is 65.2 Å². The first kappa shape index (κ1) is 23.5. The van der Waals surface area contributed by atoms with Crippen molar-refractivity contribution in [3.8, 4) is 5.75 Å². The number of amides is 2. The van der Waals surface area contributed by atoms with E-state index in [1.54, 1.807) is 4.90 Å². The third-order valence-corrected chi connectivity index (χ3v) is 5.21. The number of rotatable bonds is 10. The average Bonchev–Trinajstić information content (AvgIpc) is 2.73. The normalized spacial score (nSPS) is 12.7. The summed E-state index contributed by atoms with van der Waals surface area (Å²) >= 11 is 0. The molecule has 5 nitrogen and oxygen atoms in total. The zero-order valence-corrected chi connectivity index (χ0v) is 18.8. The van der Waals surface area contributed by atoms with Gasteiger partial charge in [0.05, 0.1) is 0 Å². The maximum absolute atomic E-state index is 13.2. The van der Waals surface area contributed by atoms with E-state index in [9.17, 15) is 9.59 Å². The predicted molar refractivity (Wildman–Crippen MR) is 120 cm³/mol. The van der Waals surface area contributed by atoms with Crippen molar-refractivity contribution in [2.45, 2.75) is 66.1 Å². The zero-order valence-electron chi connectivity index (χ0n) is 18.8. The van der Waals surface area contributed by atoms with E-state index in [1.165, 1.54) is 0 Å². The highest BCUT2D eigenvalue weighted by atomic mass is 16.5. The Hall–Kier alpha value is -2.82. The SMILES string of the molecule is CC[C@H](C)NC(=O)[C@H](CC)N(Cc1ccc(C)cc1)C(=O)COc1cccc(C)c1. The summed E-state index contributed by atoms with van der Waals surface area (Å²) in [6.07, 6.45) is 1.37. The molecule has 2 amide bonds. The number of carbonyl (C=O) groups excluding carboxylic acids is 2. The van der Waals surface area contributed by atoms with Crippen molar-refractivity contribution in [2.75, 3.05) is 6.61 Å². The summed E-state index contributed by atoms with van der Waals surface area (Å²) in [5, 5.41) is 3.02. The van der Waals surface area contributed by atoms with Crippen LogP contribution in [0, 0.1) is 13.8 Å². The summed E-state index contributed by atoms with van der Waals surface area (Å²) < 4.78 is 5.74. The van der Waals surface area contributed by atoms with E-state index in [2.05, 4.69) is 5.32 Å². The molecule has 162 valence electrons. The first-order valence-corrected chi connectivity index (χ1v) is 10.7. The lowest BCUT2D eigenvalue weighted by molar-refractivity contribution is -0.143. The molecule has 2 aromatic rings. The number of benzene rings is 2. The standard InChI is InChI=1S/C25H34N2O3/c1-6-20(5)26-25(29)23(7-2)27(16-21-13-11-18(3)12-14-21)24(28)17-30-22-10-8-9-19(4)15-22/h8-15,20,23H,6-7,16-17H2,1-5H3,(H,26,29)/t20-,23-/m0/s1. The van der Waals surface area contributed by atoms with E-state index < -0.39 is 6.04 Å². The molecule has 0 aromatic heterocycles. The molecule has 0 bridgehead atoms. The highest BCUT2D eigenvalue weighted by Gasteiger charge is 2.29. The van der Waals surface area contributed by atoms with E-state index in [0.29, 0.717) is 18.7 Å². The highest BCUT2D eigenvalue weighted by Crippen LogP contribution is 2.16. The Morgan fingerprint density at radius 2 is 1.70 bits per heavy atom.